The second-order valence-electron chi connectivity index (χ2n) is 4.50. The third kappa shape index (κ3) is 2.55. The minimum Gasteiger partial charge on any atom is -0.494 e. The summed E-state index contributed by atoms with van der Waals surface area (Å²) in [5.41, 5.74) is 2.29. The molecule has 106 valence electrons. The largest absolute Gasteiger partial charge is 0.494 e. The van der Waals surface area contributed by atoms with Crippen molar-refractivity contribution < 1.29 is 9.66 Å². The molecule has 3 aromatic rings. The number of non-ortho nitro benzene ring substituents is 1. The second kappa shape index (κ2) is 5.24. The van der Waals surface area contributed by atoms with Gasteiger partial charge < -0.3 is 9.72 Å². The fraction of sp³-hybridized carbons (Fsp3) is 0.133. The predicted octanol–water partition coefficient (Wildman–Crippen LogP) is 3.54. The van der Waals surface area contributed by atoms with Crippen LogP contribution in [0.5, 0.6) is 5.75 Å². The van der Waals surface area contributed by atoms with Crippen LogP contribution in [0, 0.1) is 10.1 Å². The van der Waals surface area contributed by atoms with E-state index in [4.69, 9.17) is 4.74 Å². The quantitative estimate of drug-likeness (QED) is 0.586. The number of imidazole rings is 1. The Morgan fingerprint density at radius 2 is 2.00 bits per heavy atom. The molecule has 0 unspecified atom stereocenters. The van der Waals surface area contributed by atoms with E-state index in [-0.39, 0.29) is 5.69 Å². The molecular weight excluding hydrogens is 270 g/mol. The van der Waals surface area contributed by atoms with Crippen molar-refractivity contribution in [3.8, 4) is 17.1 Å². The number of fused-ring (bicyclic) bond motifs is 1. The van der Waals surface area contributed by atoms with Crippen LogP contribution in [0.3, 0.4) is 0 Å². The van der Waals surface area contributed by atoms with E-state index in [1.807, 2.05) is 31.2 Å². The van der Waals surface area contributed by atoms with E-state index in [0.717, 1.165) is 11.3 Å². The Labute approximate surface area is 120 Å². The number of nitro benzene ring substituents is 1. The van der Waals surface area contributed by atoms with Crippen LogP contribution in [0.4, 0.5) is 5.69 Å². The second-order valence-corrected chi connectivity index (χ2v) is 4.50. The summed E-state index contributed by atoms with van der Waals surface area (Å²) < 4.78 is 5.39. The zero-order valence-corrected chi connectivity index (χ0v) is 11.4. The molecule has 6 nitrogen and oxygen atoms in total. The SMILES string of the molecule is CCOc1ccc(-c2nc3ccc([N+](=O)[O-])cc3[nH]2)cc1. The minimum absolute atomic E-state index is 0.0457. The number of hydrogen-bond acceptors (Lipinski definition) is 4. The molecule has 0 saturated carbocycles. The van der Waals surface area contributed by atoms with Gasteiger partial charge in [0.15, 0.2) is 0 Å². The molecule has 0 aliphatic rings. The number of benzene rings is 2. The fourth-order valence-electron chi connectivity index (χ4n) is 2.12. The van der Waals surface area contributed by atoms with Crippen LogP contribution in [0.15, 0.2) is 42.5 Å². The van der Waals surface area contributed by atoms with Crippen molar-refractivity contribution in [2.75, 3.05) is 6.61 Å². The third-order valence-electron chi connectivity index (χ3n) is 3.12. The number of H-pyrrole nitrogens is 1. The molecular formula is C15H13N3O3. The standard InChI is InChI=1S/C15H13N3O3/c1-2-21-12-6-3-10(4-7-12)15-16-13-8-5-11(18(19)20)9-14(13)17-15/h3-9H,2H2,1H3,(H,16,17). The Morgan fingerprint density at radius 1 is 1.24 bits per heavy atom. The third-order valence-corrected chi connectivity index (χ3v) is 3.12. The lowest BCUT2D eigenvalue weighted by molar-refractivity contribution is -0.384. The molecule has 0 aliphatic heterocycles. The molecule has 1 aromatic heterocycles. The highest BCUT2D eigenvalue weighted by Crippen LogP contribution is 2.25. The average Bonchev–Trinajstić information content (AvgIpc) is 2.91. The highest BCUT2D eigenvalue weighted by atomic mass is 16.6. The molecule has 3 rings (SSSR count). The number of nitrogens with one attached hydrogen (secondary N) is 1. The molecule has 2 aromatic carbocycles. The highest BCUT2D eigenvalue weighted by Gasteiger charge is 2.10. The predicted molar refractivity (Wildman–Crippen MR) is 79.4 cm³/mol. The maximum atomic E-state index is 10.8. The zero-order valence-electron chi connectivity index (χ0n) is 11.4. The van der Waals surface area contributed by atoms with E-state index in [1.165, 1.54) is 12.1 Å². The number of nitrogens with zero attached hydrogens (tertiary/aromatic N) is 2. The summed E-state index contributed by atoms with van der Waals surface area (Å²) in [6.45, 7) is 2.55. The molecule has 0 atom stereocenters. The smallest absolute Gasteiger partial charge is 0.271 e. The van der Waals surface area contributed by atoms with E-state index >= 15 is 0 Å². The molecule has 0 saturated heterocycles. The summed E-state index contributed by atoms with van der Waals surface area (Å²) in [4.78, 5) is 17.9. The van der Waals surface area contributed by atoms with Crippen LogP contribution < -0.4 is 4.74 Å². The summed E-state index contributed by atoms with van der Waals surface area (Å²) in [5, 5.41) is 10.8. The maximum absolute atomic E-state index is 10.8. The summed E-state index contributed by atoms with van der Waals surface area (Å²) in [5.74, 6) is 1.47. The van der Waals surface area contributed by atoms with Gasteiger partial charge in [-0.05, 0) is 37.3 Å². The Balaban J connectivity index is 1.98. The molecule has 0 radical (unpaired) electrons. The van der Waals surface area contributed by atoms with Crippen molar-refractivity contribution in [2.45, 2.75) is 6.92 Å². The van der Waals surface area contributed by atoms with Crippen LogP contribution in [0.2, 0.25) is 0 Å². The van der Waals surface area contributed by atoms with Gasteiger partial charge in [-0.2, -0.15) is 0 Å². The lowest BCUT2D eigenvalue weighted by Gasteiger charge is -2.02. The van der Waals surface area contributed by atoms with Crippen LogP contribution in [-0.2, 0) is 0 Å². The van der Waals surface area contributed by atoms with Gasteiger partial charge in [-0.25, -0.2) is 4.98 Å². The van der Waals surface area contributed by atoms with E-state index < -0.39 is 4.92 Å². The van der Waals surface area contributed by atoms with Gasteiger partial charge in [0.1, 0.15) is 11.6 Å². The molecule has 0 spiro atoms. The van der Waals surface area contributed by atoms with Gasteiger partial charge in [0, 0.05) is 17.7 Å². The number of ether oxygens (including phenoxy) is 1. The van der Waals surface area contributed by atoms with Gasteiger partial charge in [0.25, 0.3) is 5.69 Å². The number of hydrogen-bond donors (Lipinski definition) is 1. The van der Waals surface area contributed by atoms with E-state index in [0.29, 0.717) is 23.5 Å². The van der Waals surface area contributed by atoms with Crippen molar-refractivity contribution >= 4 is 16.7 Å². The summed E-state index contributed by atoms with van der Waals surface area (Å²) in [6, 6.07) is 12.1. The summed E-state index contributed by atoms with van der Waals surface area (Å²) in [7, 11) is 0. The fourth-order valence-corrected chi connectivity index (χ4v) is 2.12. The zero-order chi connectivity index (χ0) is 14.8. The minimum atomic E-state index is -0.420. The normalized spacial score (nSPS) is 10.7. The van der Waals surface area contributed by atoms with Crippen LogP contribution >= 0.6 is 0 Å². The van der Waals surface area contributed by atoms with Gasteiger partial charge in [-0.3, -0.25) is 10.1 Å². The lowest BCUT2D eigenvalue weighted by Crippen LogP contribution is -1.90. The average molecular weight is 283 g/mol. The lowest BCUT2D eigenvalue weighted by atomic mass is 10.2. The summed E-state index contributed by atoms with van der Waals surface area (Å²) in [6.07, 6.45) is 0. The number of aromatic amines is 1. The van der Waals surface area contributed by atoms with Crippen molar-refractivity contribution in [3.63, 3.8) is 0 Å². The first-order valence-electron chi connectivity index (χ1n) is 6.55. The van der Waals surface area contributed by atoms with Gasteiger partial charge in [0.05, 0.1) is 22.6 Å². The Hall–Kier alpha value is -2.89. The van der Waals surface area contributed by atoms with Crippen molar-refractivity contribution in [1.82, 2.24) is 9.97 Å². The van der Waals surface area contributed by atoms with Crippen molar-refractivity contribution in [3.05, 3.63) is 52.6 Å². The van der Waals surface area contributed by atoms with Crippen LogP contribution in [0.1, 0.15) is 6.92 Å². The highest BCUT2D eigenvalue weighted by molar-refractivity contribution is 5.81. The van der Waals surface area contributed by atoms with Gasteiger partial charge in [-0.1, -0.05) is 0 Å². The van der Waals surface area contributed by atoms with E-state index in [2.05, 4.69) is 9.97 Å². The molecule has 1 N–H and O–H groups in total. The molecule has 1 heterocycles. The monoisotopic (exact) mass is 283 g/mol. The Bertz CT molecular complexity index is 794. The topological polar surface area (TPSA) is 81.1 Å². The summed E-state index contributed by atoms with van der Waals surface area (Å²) >= 11 is 0. The Kier molecular flexibility index (Phi) is 3.27. The van der Waals surface area contributed by atoms with Crippen LogP contribution in [0.25, 0.3) is 22.4 Å². The number of rotatable bonds is 4. The Morgan fingerprint density at radius 3 is 2.67 bits per heavy atom. The van der Waals surface area contributed by atoms with Gasteiger partial charge in [0.2, 0.25) is 0 Å². The molecule has 0 amide bonds. The molecule has 21 heavy (non-hydrogen) atoms. The van der Waals surface area contributed by atoms with Crippen molar-refractivity contribution in [1.29, 1.82) is 0 Å². The molecule has 6 heteroatoms. The first-order valence-corrected chi connectivity index (χ1v) is 6.55. The number of nitro groups is 1. The van der Waals surface area contributed by atoms with E-state index in [1.54, 1.807) is 6.07 Å². The molecule has 0 bridgehead atoms. The van der Waals surface area contributed by atoms with Gasteiger partial charge >= 0.3 is 0 Å². The molecule has 0 aliphatic carbocycles. The first kappa shape index (κ1) is 13.1. The van der Waals surface area contributed by atoms with Gasteiger partial charge in [-0.15, -0.1) is 0 Å². The van der Waals surface area contributed by atoms with E-state index in [9.17, 15) is 10.1 Å². The first-order chi connectivity index (χ1) is 10.2. The molecule has 0 fully saturated rings. The van der Waals surface area contributed by atoms with Crippen molar-refractivity contribution in [2.24, 2.45) is 0 Å². The number of aromatic nitrogens is 2. The van der Waals surface area contributed by atoms with Crippen LogP contribution in [-0.4, -0.2) is 21.5 Å². The maximum Gasteiger partial charge on any atom is 0.271 e.